The lowest BCUT2D eigenvalue weighted by atomic mass is 10.2. The van der Waals surface area contributed by atoms with Crippen LogP contribution in [0.5, 0.6) is 5.75 Å². The minimum atomic E-state index is 0.351. The molecule has 4 rings (SSSR count). The summed E-state index contributed by atoms with van der Waals surface area (Å²) in [5.74, 6) is 1.71. The lowest BCUT2D eigenvalue weighted by Crippen LogP contribution is -2.23. The van der Waals surface area contributed by atoms with Gasteiger partial charge in [0.15, 0.2) is 10.9 Å². The summed E-state index contributed by atoms with van der Waals surface area (Å²) < 4.78 is 7.35. The van der Waals surface area contributed by atoms with Gasteiger partial charge in [-0.2, -0.15) is 9.97 Å². The van der Waals surface area contributed by atoms with Crippen LogP contribution < -0.4 is 15.4 Å². The third-order valence-corrected chi connectivity index (χ3v) is 4.91. The number of para-hydroxylation sites is 1. The highest BCUT2D eigenvalue weighted by atomic mass is 32.1. The Labute approximate surface area is 190 Å². The van der Waals surface area contributed by atoms with Crippen LogP contribution >= 0.6 is 24.4 Å². The Kier molecular flexibility index (Phi) is 6.30. The molecule has 1 heterocycles. The molecule has 8 heteroatoms. The zero-order valence-corrected chi connectivity index (χ0v) is 18.3. The largest absolute Gasteiger partial charge is 0.497 e. The van der Waals surface area contributed by atoms with Crippen LogP contribution in [0.4, 0.5) is 11.6 Å². The van der Waals surface area contributed by atoms with E-state index in [0.717, 1.165) is 22.7 Å². The van der Waals surface area contributed by atoms with Gasteiger partial charge in [-0.3, -0.25) is 4.57 Å². The van der Waals surface area contributed by atoms with Crippen molar-refractivity contribution in [1.82, 2.24) is 14.5 Å². The lowest BCUT2D eigenvalue weighted by molar-refractivity contribution is 0.414. The van der Waals surface area contributed by atoms with Crippen molar-refractivity contribution in [3.8, 4) is 22.8 Å². The van der Waals surface area contributed by atoms with Crippen LogP contribution in [0.2, 0.25) is 0 Å². The molecule has 4 aromatic rings. The lowest BCUT2D eigenvalue weighted by Gasteiger charge is -2.17. The van der Waals surface area contributed by atoms with Crippen molar-refractivity contribution in [3.63, 3.8) is 0 Å². The maximum atomic E-state index is 5.63. The highest BCUT2D eigenvalue weighted by Gasteiger charge is 2.13. The number of nitrogens with one attached hydrogen (secondary N) is 2. The molecule has 0 spiro atoms. The van der Waals surface area contributed by atoms with Crippen LogP contribution in [-0.2, 0) is 0 Å². The molecule has 0 unspecified atom stereocenters. The van der Waals surface area contributed by atoms with Gasteiger partial charge in [-0.05, 0) is 60.8 Å². The van der Waals surface area contributed by atoms with E-state index in [0.29, 0.717) is 21.7 Å². The number of benzene rings is 3. The molecule has 0 aliphatic rings. The third-order valence-electron chi connectivity index (χ3n) is 4.44. The molecule has 1 aromatic heterocycles. The highest BCUT2D eigenvalue weighted by Crippen LogP contribution is 2.22. The van der Waals surface area contributed by atoms with Crippen molar-refractivity contribution in [2.75, 3.05) is 17.7 Å². The van der Waals surface area contributed by atoms with Gasteiger partial charge < -0.3 is 15.4 Å². The van der Waals surface area contributed by atoms with Gasteiger partial charge in [0.2, 0.25) is 10.7 Å². The first-order chi connectivity index (χ1) is 15.1. The first-order valence-electron chi connectivity index (χ1n) is 9.48. The van der Waals surface area contributed by atoms with Gasteiger partial charge in [-0.1, -0.05) is 48.5 Å². The summed E-state index contributed by atoms with van der Waals surface area (Å²) in [6.45, 7) is 0. The van der Waals surface area contributed by atoms with Crippen molar-refractivity contribution in [3.05, 3.63) is 89.7 Å². The molecule has 3 aromatic carbocycles. The predicted octanol–water partition coefficient (Wildman–Crippen LogP) is 5.48. The Morgan fingerprint density at radius 2 is 1.48 bits per heavy atom. The van der Waals surface area contributed by atoms with Gasteiger partial charge in [-0.25, -0.2) is 0 Å². The molecule has 0 bridgehead atoms. The summed E-state index contributed by atoms with van der Waals surface area (Å²) in [6.07, 6.45) is 0. The Morgan fingerprint density at radius 1 is 0.839 bits per heavy atom. The van der Waals surface area contributed by atoms with Crippen molar-refractivity contribution in [1.29, 1.82) is 0 Å². The molecule has 0 saturated heterocycles. The zero-order valence-electron chi connectivity index (χ0n) is 16.6. The van der Waals surface area contributed by atoms with Crippen LogP contribution in [-0.4, -0.2) is 26.8 Å². The number of hydrogen-bond acceptors (Lipinski definition) is 5. The van der Waals surface area contributed by atoms with Crippen LogP contribution in [0.3, 0.4) is 0 Å². The third kappa shape index (κ3) is 4.93. The SMILES string of the molecule is COc1ccc(-n2c(NC(=S)Nc3ccccc3)nc(-c3ccccc3)nc2=S)cc1. The average Bonchev–Trinajstić information content (AvgIpc) is 2.80. The number of ether oxygens (including phenoxy) is 1. The Morgan fingerprint density at radius 3 is 2.13 bits per heavy atom. The minimum Gasteiger partial charge on any atom is -0.497 e. The fourth-order valence-corrected chi connectivity index (χ4v) is 3.44. The molecule has 31 heavy (non-hydrogen) atoms. The summed E-state index contributed by atoms with van der Waals surface area (Å²) in [5.41, 5.74) is 2.52. The van der Waals surface area contributed by atoms with E-state index in [1.807, 2.05) is 84.9 Å². The molecule has 6 nitrogen and oxygen atoms in total. The first-order valence-corrected chi connectivity index (χ1v) is 10.3. The van der Waals surface area contributed by atoms with Crippen LogP contribution in [0.15, 0.2) is 84.9 Å². The Bertz CT molecular complexity index is 1240. The van der Waals surface area contributed by atoms with Gasteiger partial charge in [0.25, 0.3) is 0 Å². The van der Waals surface area contributed by atoms with Gasteiger partial charge >= 0.3 is 0 Å². The second-order valence-corrected chi connectivity index (χ2v) is 7.27. The van der Waals surface area contributed by atoms with E-state index in [1.54, 1.807) is 11.7 Å². The zero-order chi connectivity index (χ0) is 21.6. The number of aromatic nitrogens is 3. The normalized spacial score (nSPS) is 10.4. The van der Waals surface area contributed by atoms with Crippen molar-refractivity contribution < 1.29 is 4.74 Å². The number of hydrogen-bond donors (Lipinski definition) is 2. The Hall–Kier alpha value is -3.62. The van der Waals surface area contributed by atoms with E-state index in [2.05, 4.69) is 15.6 Å². The van der Waals surface area contributed by atoms with E-state index in [-0.39, 0.29) is 0 Å². The summed E-state index contributed by atoms with van der Waals surface area (Å²) in [4.78, 5) is 9.27. The summed E-state index contributed by atoms with van der Waals surface area (Å²) in [6, 6.07) is 26.8. The molecule has 0 fully saturated rings. The number of anilines is 2. The van der Waals surface area contributed by atoms with Gasteiger partial charge in [-0.15, -0.1) is 0 Å². The molecule has 0 amide bonds. The number of thiocarbonyl (C=S) groups is 1. The highest BCUT2D eigenvalue weighted by molar-refractivity contribution is 7.80. The maximum Gasteiger partial charge on any atom is 0.218 e. The van der Waals surface area contributed by atoms with Crippen LogP contribution in [0.1, 0.15) is 0 Å². The smallest absolute Gasteiger partial charge is 0.218 e. The quantitative estimate of drug-likeness (QED) is 0.394. The monoisotopic (exact) mass is 445 g/mol. The molecule has 0 aliphatic heterocycles. The van der Waals surface area contributed by atoms with Crippen molar-refractivity contribution in [2.45, 2.75) is 0 Å². The fraction of sp³-hybridized carbons (Fsp3) is 0.0435. The standard InChI is InChI=1S/C23H19N5OS2/c1-29-19-14-12-18(13-15-19)28-21(27-22(30)24-17-10-6-3-7-11-17)25-20(26-23(28)31)16-8-4-2-5-9-16/h2-15H,1H3,(H2,24,25,26,27,30,31). The molecule has 0 saturated carbocycles. The maximum absolute atomic E-state index is 5.63. The molecule has 0 radical (unpaired) electrons. The molecular weight excluding hydrogens is 426 g/mol. The van der Waals surface area contributed by atoms with E-state index in [9.17, 15) is 0 Å². The molecule has 0 atom stereocenters. The second-order valence-electron chi connectivity index (χ2n) is 6.50. The Balaban J connectivity index is 1.75. The number of methoxy groups -OCH3 is 1. The summed E-state index contributed by atoms with van der Waals surface area (Å²) in [5, 5.41) is 6.72. The minimum absolute atomic E-state index is 0.351. The number of rotatable bonds is 5. The van der Waals surface area contributed by atoms with E-state index in [4.69, 9.17) is 34.2 Å². The second kappa shape index (κ2) is 9.46. The van der Waals surface area contributed by atoms with Crippen LogP contribution in [0, 0.1) is 4.77 Å². The van der Waals surface area contributed by atoms with Crippen molar-refractivity contribution >= 4 is 41.2 Å². The predicted molar refractivity (Wildman–Crippen MR) is 130 cm³/mol. The summed E-state index contributed by atoms with van der Waals surface area (Å²) >= 11 is 11.2. The molecule has 0 aliphatic carbocycles. The van der Waals surface area contributed by atoms with E-state index < -0.39 is 0 Å². The average molecular weight is 446 g/mol. The van der Waals surface area contributed by atoms with Gasteiger partial charge in [0, 0.05) is 11.3 Å². The van der Waals surface area contributed by atoms with Gasteiger partial charge in [0.05, 0.1) is 12.8 Å². The fourth-order valence-electron chi connectivity index (χ4n) is 2.96. The van der Waals surface area contributed by atoms with E-state index >= 15 is 0 Å². The molecule has 2 N–H and O–H groups in total. The van der Waals surface area contributed by atoms with Crippen LogP contribution in [0.25, 0.3) is 17.1 Å². The molecule has 154 valence electrons. The summed E-state index contributed by atoms with van der Waals surface area (Å²) in [7, 11) is 1.62. The first kappa shape index (κ1) is 20.6. The topological polar surface area (TPSA) is 64.0 Å². The van der Waals surface area contributed by atoms with Crippen molar-refractivity contribution in [2.24, 2.45) is 0 Å². The van der Waals surface area contributed by atoms with Gasteiger partial charge in [0.1, 0.15) is 5.75 Å². The number of nitrogens with zero attached hydrogens (tertiary/aromatic N) is 3. The molecular formula is C23H19N5OS2. The van der Waals surface area contributed by atoms with E-state index in [1.165, 1.54) is 0 Å².